The Balaban J connectivity index is 1.63. The van der Waals surface area contributed by atoms with Gasteiger partial charge in [0.05, 0.1) is 20.3 Å². The van der Waals surface area contributed by atoms with Crippen LogP contribution in [0.5, 0.6) is 5.75 Å². The first-order chi connectivity index (χ1) is 9.79. The Hall–Kier alpha value is -1.10. The molecule has 0 atom stereocenters. The zero-order valence-electron chi connectivity index (χ0n) is 12.7. The second kappa shape index (κ2) is 8.25. The van der Waals surface area contributed by atoms with Crippen molar-refractivity contribution in [2.45, 2.75) is 19.9 Å². The van der Waals surface area contributed by atoms with Gasteiger partial charge in [0.2, 0.25) is 0 Å². The van der Waals surface area contributed by atoms with Crippen LogP contribution in [0.25, 0.3) is 0 Å². The molecule has 1 aliphatic rings. The number of hydrogen-bond acceptors (Lipinski definition) is 4. The van der Waals surface area contributed by atoms with E-state index in [1.165, 1.54) is 17.5 Å². The van der Waals surface area contributed by atoms with Crippen molar-refractivity contribution in [3.63, 3.8) is 0 Å². The first-order valence-corrected chi connectivity index (χ1v) is 7.44. The lowest BCUT2D eigenvalue weighted by molar-refractivity contribution is 0.0374. The van der Waals surface area contributed by atoms with Crippen LogP contribution in [0.2, 0.25) is 0 Å². The van der Waals surface area contributed by atoms with E-state index >= 15 is 0 Å². The normalized spacial score (nSPS) is 16.3. The fraction of sp³-hybridized carbons (Fsp3) is 0.625. The maximum atomic E-state index is 5.35. The SMILES string of the molecule is COc1cc(CNCCCN2CCOCC2)ccc1C. The molecular formula is C16H26N2O2. The molecule has 1 aliphatic heterocycles. The predicted molar refractivity (Wildman–Crippen MR) is 81.3 cm³/mol. The highest BCUT2D eigenvalue weighted by atomic mass is 16.5. The number of benzene rings is 1. The summed E-state index contributed by atoms with van der Waals surface area (Å²) in [4.78, 5) is 2.47. The van der Waals surface area contributed by atoms with Crippen molar-refractivity contribution in [3.05, 3.63) is 29.3 Å². The molecular weight excluding hydrogens is 252 g/mol. The van der Waals surface area contributed by atoms with Crippen molar-refractivity contribution in [2.24, 2.45) is 0 Å². The predicted octanol–water partition coefficient (Wildman–Crippen LogP) is 1.82. The maximum absolute atomic E-state index is 5.35. The van der Waals surface area contributed by atoms with Crippen molar-refractivity contribution in [1.29, 1.82) is 0 Å². The molecule has 0 amide bonds. The molecule has 112 valence electrons. The first-order valence-electron chi connectivity index (χ1n) is 7.44. The third kappa shape index (κ3) is 4.78. The molecule has 1 saturated heterocycles. The molecule has 20 heavy (non-hydrogen) atoms. The van der Waals surface area contributed by atoms with Crippen molar-refractivity contribution < 1.29 is 9.47 Å². The van der Waals surface area contributed by atoms with Crippen LogP contribution in [0, 0.1) is 6.92 Å². The lowest BCUT2D eigenvalue weighted by Crippen LogP contribution is -2.37. The minimum Gasteiger partial charge on any atom is -0.496 e. The molecule has 0 saturated carbocycles. The molecule has 1 fully saturated rings. The monoisotopic (exact) mass is 278 g/mol. The molecule has 0 radical (unpaired) electrons. The van der Waals surface area contributed by atoms with E-state index < -0.39 is 0 Å². The number of morpholine rings is 1. The Labute approximate surface area is 122 Å². The number of methoxy groups -OCH3 is 1. The number of ether oxygens (including phenoxy) is 2. The van der Waals surface area contributed by atoms with Crippen LogP contribution in [-0.4, -0.2) is 51.4 Å². The topological polar surface area (TPSA) is 33.7 Å². The number of nitrogens with one attached hydrogen (secondary N) is 1. The second-order valence-corrected chi connectivity index (χ2v) is 5.29. The van der Waals surface area contributed by atoms with Gasteiger partial charge in [-0.2, -0.15) is 0 Å². The molecule has 1 heterocycles. The molecule has 4 nitrogen and oxygen atoms in total. The molecule has 0 aromatic heterocycles. The number of rotatable bonds is 7. The lowest BCUT2D eigenvalue weighted by Gasteiger charge is -2.26. The summed E-state index contributed by atoms with van der Waals surface area (Å²) in [5.41, 5.74) is 2.46. The van der Waals surface area contributed by atoms with Crippen LogP contribution >= 0.6 is 0 Å². The smallest absolute Gasteiger partial charge is 0.122 e. The zero-order valence-corrected chi connectivity index (χ0v) is 12.7. The summed E-state index contributed by atoms with van der Waals surface area (Å²) in [5, 5.41) is 3.50. The molecule has 0 spiro atoms. The van der Waals surface area contributed by atoms with Gasteiger partial charge in [-0.1, -0.05) is 12.1 Å². The van der Waals surface area contributed by atoms with Gasteiger partial charge in [-0.15, -0.1) is 0 Å². The third-order valence-corrected chi connectivity index (χ3v) is 3.73. The zero-order chi connectivity index (χ0) is 14.2. The van der Waals surface area contributed by atoms with Crippen LogP contribution in [0.15, 0.2) is 18.2 Å². The summed E-state index contributed by atoms with van der Waals surface area (Å²) >= 11 is 0. The number of nitrogens with zero attached hydrogens (tertiary/aromatic N) is 1. The molecule has 0 aliphatic carbocycles. The Bertz CT molecular complexity index is 403. The summed E-state index contributed by atoms with van der Waals surface area (Å²) < 4.78 is 10.7. The summed E-state index contributed by atoms with van der Waals surface area (Å²) in [6.07, 6.45) is 1.18. The minimum atomic E-state index is 0.886. The molecule has 0 bridgehead atoms. The Morgan fingerprint density at radius 3 is 2.85 bits per heavy atom. The standard InChI is InChI=1S/C16H26N2O2/c1-14-4-5-15(12-16(14)19-2)13-17-6-3-7-18-8-10-20-11-9-18/h4-5,12,17H,3,6-11,13H2,1-2H3. The van der Waals surface area contributed by atoms with E-state index in [1.54, 1.807) is 7.11 Å². The van der Waals surface area contributed by atoms with E-state index in [9.17, 15) is 0 Å². The van der Waals surface area contributed by atoms with Gasteiger partial charge in [0.1, 0.15) is 5.75 Å². The van der Waals surface area contributed by atoms with E-state index in [0.717, 1.165) is 51.7 Å². The van der Waals surface area contributed by atoms with E-state index in [0.29, 0.717) is 0 Å². The molecule has 4 heteroatoms. The van der Waals surface area contributed by atoms with Crippen LogP contribution in [0.3, 0.4) is 0 Å². The number of hydrogen-bond donors (Lipinski definition) is 1. The van der Waals surface area contributed by atoms with E-state index in [1.807, 2.05) is 0 Å². The van der Waals surface area contributed by atoms with Crippen molar-refractivity contribution in [1.82, 2.24) is 10.2 Å². The Morgan fingerprint density at radius 2 is 2.10 bits per heavy atom. The van der Waals surface area contributed by atoms with Gasteiger partial charge in [0.25, 0.3) is 0 Å². The highest BCUT2D eigenvalue weighted by Gasteiger charge is 2.08. The summed E-state index contributed by atoms with van der Waals surface area (Å²) in [6, 6.07) is 6.39. The van der Waals surface area contributed by atoms with E-state index in [-0.39, 0.29) is 0 Å². The minimum absolute atomic E-state index is 0.886. The Morgan fingerprint density at radius 1 is 1.30 bits per heavy atom. The van der Waals surface area contributed by atoms with Gasteiger partial charge in [-0.25, -0.2) is 0 Å². The molecule has 2 rings (SSSR count). The average Bonchev–Trinajstić information content (AvgIpc) is 2.49. The van der Waals surface area contributed by atoms with Gasteiger partial charge < -0.3 is 14.8 Å². The van der Waals surface area contributed by atoms with E-state index in [2.05, 4.69) is 35.3 Å². The maximum Gasteiger partial charge on any atom is 0.122 e. The van der Waals surface area contributed by atoms with Gasteiger partial charge in [-0.05, 0) is 43.6 Å². The summed E-state index contributed by atoms with van der Waals surface area (Å²) in [6.45, 7) is 9.11. The molecule has 0 unspecified atom stereocenters. The quantitative estimate of drug-likeness (QED) is 0.771. The van der Waals surface area contributed by atoms with Gasteiger partial charge in [-0.3, -0.25) is 4.90 Å². The van der Waals surface area contributed by atoms with Crippen LogP contribution < -0.4 is 10.1 Å². The number of aryl methyl sites for hydroxylation is 1. The summed E-state index contributed by atoms with van der Waals surface area (Å²) in [5.74, 6) is 0.970. The second-order valence-electron chi connectivity index (χ2n) is 5.29. The van der Waals surface area contributed by atoms with Gasteiger partial charge >= 0.3 is 0 Å². The lowest BCUT2D eigenvalue weighted by atomic mass is 10.1. The van der Waals surface area contributed by atoms with Crippen LogP contribution in [0.4, 0.5) is 0 Å². The fourth-order valence-electron chi connectivity index (χ4n) is 2.46. The summed E-state index contributed by atoms with van der Waals surface area (Å²) in [7, 11) is 1.72. The fourth-order valence-corrected chi connectivity index (χ4v) is 2.46. The van der Waals surface area contributed by atoms with Gasteiger partial charge in [0, 0.05) is 19.6 Å². The molecule has 1 aromatic rings. The van der Waals surface area contributed by atoms with Crippen LogP contribution in [-0.2, 0) is 11.3 Å². The largest absolute Gasteiger partial charge is 0.496 e. The highest BCUT2D eigenvalue weighted by molar-refractivity contribution is 5.36. The average molecular weight is 278 g/mol. The van der Waals surface area contributed by atoms with Crippen molar-refractivity contribution in [2.75, 3.05) is 46.5 Å². The van der Waals surface area contributed by atoms with Crippen molar-refractivity contribution >= 4 is 0 Å². The van der Waals surface area contributed by atoms with Crippen molar-refractivity contribution in [3.8, 4) is 5.75 Å². The van der Waals surface area contributed by atoms with Crippen LogP contribution in [0.1, 0.15) is 17.5 Å². The highest BCUT2D eigenvalue weighted by Crippen LogP contribution is 2.18. The van der Waals surface area contributed by atoms with E-state index in [4.69, 9.17) is 9.47 Å². The van der Waals surface area contributed by atoms with Gasteiger partial charge in [0.15, 0.2) is 0 Å². The Kier molecular flexibility index (Phi) is 6.30. The molecule has 1 aromatic carbocycles. The first kappa shape index (κ1) is 15.3. The molecule has 1 N–H and O–H groups in total. The third-order valence-electron chi connectivity index (χ3n) is 3.73.